The van der Waals surface area contributed by atoms with Crippen LogP contribution in [0, 0.1) is 0 Å². The maximum atomic E-state index is 10.7. The maximum Gasteiger partial charge on any atom is 0.335 e. The number of dihydropyridines is 1. The summed E-state index contributed by atoms with van der Waals surface area (Å²) in [6.45, 7) is 2.66. The van der Waals surface area contributed by atoms with Gasteiger partial charge in [0.1, 0.15) is 6.17 Å². The van der Waals surface area contributed by atoms with E-state index in [1.54, 1.807) is 18.4 Å². The summed E-state index contributed by atoms with van der Waals surface area (Å²) in [5.74, 6) is -0.891. The van der Waals surface area contributed by atoms with Crippen molar-refractivity contribution in [2.45, 2.75) is 13.1 Å². The zero-order chi connectivity index (χ0) is 8.97. The van der Waals surface area contributed by atoms with Crippen molar-refractivity contribution in [3.63, 3.8) is 0 Å². The highest BCUT2D eigenvalue weighted by atomic mass is 16.4. The summed E-state index contributed by atoms with van der Waals surface area (Å²) in [5, 5.41) is 14.7. The first-order valence-corrected chi connectivity index (χ1v) is 3.85. The van der Waals surface area contributed by atoms with Gasteiger partial charge in [0.2, 0.25) is 0 Å². The topological polar surface area (TPSA) is 61.4 Å². The average Bonchev–Trinajstić information content (AvgIpc) is 2.05. The van der Waals surface area contributed by atoms with E-state index in [1.807, 2.05) is 6.92 Å². The fourth-order valence-electron chi connectivity index (χ4n) is 1.06. The summed E-state index contributed by atoms with van der Waals surface area (Å²) in [6, 6.07) is 0. The average molecular weight is 168 g/mol. The molecule has 0 spiro atoms. The minimum atomic E-state index is -0.891. The van der Waals surface area contributed by atoms with E-state index < -0.39 is 5.97 Å². The van der Waals surface area contributed by atoms with Crippen molar-refractivity contribution >= 4 is 5.97 Å². The molecule has 0 radical (unpaired) electrons. The molecular formula is C8H12N2O2. The number of rotatable bonds is 3. The smallest absolute Gasteiger partial charge is 0.335 e. The molecule has 0 fully saturated rings. The Morgan fingerprint density at radius 1 is 1.83 bits per heavy atom. The molecule has 0 saturated carbocycles. The van der Waals surface area contributed by atoms with Gasteiger partial charge in [-0.25, -0.2) is 4.79 Å². The summed E-state index contributed by atoms with van der Waals surface area (Å²) in [6.07, 6.45) is 4.72. The molecule has 1 unspecified atom stereocenters. The van der Waals surface area contributed by atoms with Crippen molar-refractivity contribution in [3.05, 3.63) is 23.9 Å². The quantitative estimate of drug-likeness (QED) is 0.557. The molecule has 0 bridgehead atoms. The lowest BCUT2D eigenvalue weighted by molar-refractivity contribution is -0.133. The molecule has 1 atom stereocenters. The number of aliphatic carboxylic acids is 1. The van der Waals surface area contributed by atoms with Crippen LogP contribution in [0.3, 0.4) is 0 Å². The molecule has 0 aliphatic carbocycles. The molecule has 1 rings (SSSR count). The minimum absolute atomic E-state index is 0.266. The third-order valence-electron chi connectivity index (χ3n) is 1.60. The fourth-order valence-corrected chi connectivity index (χ4v) is 1.06. The van der Waals surface area contributed by atoms with E-state index >= 15 is 0 Å². The van der Waals surface area contributed by atoms with Gasteiger partial charge in [0.05, 0.1) is 5.57 Å². The number of allylic oxidation sites excluding steroid dienone is 2. The largest absolute Gasteiger partial charge is 0.478 e. The van der Waals surface area contributed by atoms with Crippen molar-refractivity contribution in [1.82, 2.24) is 10.6 Å². The predicted octanol–water partition coefficient (Wildman–Crippen LogP) is 0.0499. The van der Waals surface area contributed by atoms with Crippen LogP contribution in [0.2, 0.25) is 0 Å². The van der Waals surface area contributed by atoms with E-state index in [4.69, 9.17) is 5.11 Å². The van der Waals surface area contributed by atoms with Gasteiger partial charge in [-0.05, 0) is 24.9 Å². The SMILES string of the molecule is CCNC1NC=CC=C1C(=O)O. The second-order valence-corrected chi connectivity index (χ2v) is 2.44. The Morgan fingerprint density at radius 3 is 3.17 bits per heavy atom. The molecule has 66 valence electrons. The molecule has 0 aromatic rings. The lowest BCUT2D eigenvalue weighted by Gasteiger charge is -2.20. The molecule has 0 aromatic heterocycles. The van der Waals surface area contributed by atoms with E-state index in [2.05, 4.69) is 10.6 Å². The van der Waals surface area contributed by atoms with Crippen LogP contribution in [-0.4, -0.2) is 23.8 Å². The Hall–Kier alpha value is -1.29. The fraction of sp³-hybridized carbons (Fsp3) is 0.375. The Labute approximate surface area is 71.0 Å². The van der Waals surface area contributed by atoms with Crippen LogP contribution in [0.15, 0.2) is 23.9 Å². The molecule has 0 saturated heterocycles. The molecule has 4 nitrogen and oxygen atoms in total. The van der Waals surface area contributed by atoms with E-state index in [0.717, 1.165) is 6.54 Å². The zero-order valence-electron chi connectivity index (χ0n) is 6.87. The molecule has 3 N–H and O–H groups in total. The summed E-state index contributed by atoms with van der Waals surface area (Å²) in [4.78, 5) is 10.7. The first kappa shape index (κ1) is 8.80. The van der Waals surface area contributed by atoms with Gasteiger partial charge in [0.15, 0.2) is 0 Å². The molecule has 4 heteroatoms. The summed E-state index contributed by atoms with van der Waals surface area (Å²) in [5.41, 5.74) is 0.347. The van der Waals surface area contributed by atoms with Crippen LogP contribution in [-0.2, 0) is 4.79 Å². The second-order valence-electron chi connectivity index (χ2n) is 2.44. The number of nitrogens with one attached hydrogen (secondary N) is 2. The normalized spacial score (nSPS) is 21.4. The zero-order valence-corrected chi connectivity index (χ0v) is 6.87. The van der Waals surface area contributed by atoms with E-state index in [0.29, 0.717) is 5.57 Å². The highest BCUT2D eigenvalue weighted by molar-refractivity contribution is 5.88. The second kappa shape index (κ2) is 3.92. The first-order chi connectivity index (χ1) is 5.75. The van der Waals surface area contributed by atoms with Gasteiger partial charge < -0.3 is 10.4 Å². The molecule has 12 heavy (non-hydrogen) atoms. The molecule has 1 aliphatic rings. The van der Waals surface area contributed by atoms with Gasteiger partial charge in [-0.2, -0.15) is 0 Å². The first-order valence-electron chi connectivity index (χ1n) is 3.85. The Bertz CT molecular complexity index is 233. The van der Waals surface area contributed by atoms with Crippen molar-refractivity contribution in [2.75, 3.05) is 6.54 Å². The number of carbonyl (C=O) groups is 1. The number of hydrogen-bond acceptors (Lipinski definition) is 3. The number of likely N-dealkylation sites (N-methyl/N-ethyl adjacent to an activating group) is 1. The Balaban J connectivity index is 2.69. The molecule has 0 aromatic carbocycles. The van der Waals surface area contributed by atoms with Crippen molar-refractivity contribution in [2.24, 2.45) is 0 Å². The van der Waals surface area contributed by atoms with Crippen LogP contribution in [0.25, 0.3) is 0 Å². The van der Waals surface area contributed by atoms with Crippen molar-refractivity contribution < 1.29 is 9.90 Å². The van der Waals surface area contributed by atoms with Crippen LogP contribution >= 0.6 is 0 Å². The molecule has 0 amide bonds. The number of carboxylic acids is 1. The Kier molecular flexibility index (Phi) is 2.88. The molecule has 1 aliphatic heterocycles. The van der Waals surface area contributed by atoms with Crippen LogP contribution in [0.5, 0.6) is 0 Å². The van der Waals surface area contributed by atoms with Crippen molar-refractivity contribution in [3.8, 4) is 0 Å². The van der Waals surface area contributed by atoms with E-state index in [-0.39, 0.29) is 6.17 Å². The van der Waals surface area contributed by atoms with Crippen molar-refractivity contribution in [1.29, 1.82) is 0 Å². The van der Waals surface area contributed by atoms with Gasteiger partial charge in [-0.3, -0.25) is 5.32 Å². The highest BCUT2D eigenvalue weighted by Crippen LogP contribution is 2.04. The summed E-state index contributed by atoms with van der Waals surface area (Å²) >= 11 is 0. The number of hydrogen-bond donors (Lipinski definition) is 3. The van der Waals surface area contributed by atoms with E-state index in [9.17, 15) is 4.79 Å². The standard InChI is InChI=1S/C8H12N2O2/c1-2-9-7-6(8(11)12)4-3-5-10-7/h3-5,7,9-10H,2H2,1H3,(H,11,12). The third kappa shape index (κ3) is 1.85. The third-order valence-corrected chi connectivity index (χ3v) is 1.60. The van der Waals surface area contributed by atoms with Crippen LogP contribution in [0.4, 0.5) is 0 Å². The lowest BCUT2D eigenvalue weighted by Crippen LogP contribution is -2.44. The van der Waals surface area contributed by atoms with Gasteiger partial charge in [0.25, 0.3) is 0 Å². The predicted molar refractivity (Wildman–Crippen MR) is 45.5 cm³/mol. The number of carboxylic acid groups (broad SMARTS) is 1. The highest BCUT2D eigenvalue weighted by Gasteiger charge is 2.18. The molecular weight excluding hydrogens is 156 g/mol. The van der Waals surface area contributed by atoms with Crippen LogP contribution in [0.1, 0.15) is 6.92 Å². The lowest BCUT2D eigenvalue weighted by atomic mass is 10.1. The summed E-state index contributed by atoms with van der Waals surface area (Å²) < 4.78 is 0. The summed E-state index contributed by atoms with van der Waals surface area (Å²) in [7, 11) is 0. The maximum absolute atomic E-state index is 10.7. The van der Waals surface area contributed by atoms with Gasteiger partial charge in [0, 0.05) is 0 Å². The van der Waals surface area contributed by atoms with Gasteiger partial charge in [-0.15, -0.1) is 0 Å². The van der Waals surface area contributed by atoms with Gasteiger partial charge in [-0.1, -0.05) is 6.92 Å². The minimum Gasteiger partial charge on any atom is -0.478 e. The van der Waals surface area contributed by atoms with Gasteiger partial charge >= 0.3 is 5.97 Å². The van der Waals surface area contributed by atoms with Crippen LogP contribution < -0.4 is 10.6 Å². The monoisotopic (exact) mass is 168 g/mol. The molecule has 1 heterocycles. The Morgan fingerprint density at radius 2 is 2.58 bits per heavy atom. The van der Waals surface area contributed by atoms with E-state index in [1.165, 1.54) is 0 Å².